The third-order valence-corrected chi connectivity index (χ3v) is 3.15. The van der Waals surface area contributed by atoms with Crippen LogP contribution in [0.1, 0.15) is 12.0 Å². The van der Waals surface area contributed by atoms with Crippen LogP contribution in [-0.2, 0) is 16.0 Å². The van der Waals surface area contributed by atoms with E-state index in [4.69, 9.17) is 27.9 Å². The Morgan fingerprint density at radius 3 is 2.83 bits per heavy atom. The largest absolute Gasteiger partial charge is 0.383 e. The number of amides is 1. The number of methoxy groups -OCH3 is 1. The van der Waals surface area contributed by atoms with Crippen LogP contribution >= 0.6 is 23.2 Å². The number of carbonyl (C=O) groups excluding carboxylic acids is 1. The molecule has 0 aromatic heterocycles. The van der Waals surface area contributed by atoms with Crippen molar-refractivity contribution in [2.45, 2.75) is 18.2 Å². The van der Waals surface area contributed by atoms with Crippen LogP contribution in [0.4, 0.5) is 0 Å². The van der Waals surface area contributed by atoms with Crippen LogP contribution in [0.25, 0.3) is 0 Å². The molecule has 1 aromatic carbocycles. The topological polar surface area (TPSA) is 38.3 Å². The minimum absolute atomic E-state index is 0.0515. The normalized spacial score (nSPS) is 12.2. The fourth-order valence-corrected chi connectivity index (χ4v) is 1.95. The Balaban J connectivity index is 2.28. The molecule has 0 fully saturated rings. The molecular weight excluding hydrogens is 273 g/mol. The molecule has 1 unspecified atom stereocenters. The second-order valence-electron chi connectivity index (χ2n) is 3.96. The van der Waals surface area contributed by atoms with Crippen LogP contribution in [0.5, 0.6) is 0 Å². The lowest BCUT2D eigenvalue weighted by Gasteiger charge is -2.09. The highest BCUT2D eigenvalue weighted by atomic mass is 35.5. The van der Waals surface area contributed by atoms with Gasteiger partial charge in [-0.25, -0.2) is 0 Å². The molecule has 5 heteroatoms. The quantitative estimate of drug-likeness (QED) is 0.784. The Hall–Kier alpha value is -0.770. The first-order chi connectivity index (χ1) is 8.63. The van der Waals surface area contributed by atoms with Crippen molar-refractivity contribution >= 4 is 29.1 Å². The number of hydrogen-bond donors (Lipinski definition) is 1. The number of alkyl halides is 1. The van der Waals surface area contributed by atoms with Gasteiger partial charge in [-0.2, -0.15) is 0 Å². The summed E-state index contributed by atoms with van der Waals surface area (Å²) in [7, 11) is 1.60. The van der Waals surface area contributed by atoms with E-state index >= 15 is 0 Å². The number of rotatable bonds is 7. The monoisotopic (exact) mass is 289 g/mol. The van der Waals surface area contributed by atoms with Crippen molar-refractivity contribution < 1.29 is 9.53 Å². The van der Waals surface area contributed by atoms with E-state index in [9.17, 15) is 4.79 Å². The van der Waals surface area contributed by atoms with Gasteiger partial charge in [-0.15, -0.1) is 11.6 Å². The molecular formula is C13H17Cl2NO2. The summed E-state index contributed by atoms with van der Waals surface area (Å²) in [5.41, 5.74) is 0.830. The van der Waals surface area contributed by atoms with Crippen molar-refractivity contribution in [1.82, 2.24) is 5.32 Å². The first-order valence-electron chi connectivity index (χ1n) is 5.76. The summed E-state index contributed by atoms with van der Waals surface area (Å²) in [6.07, 6.45) is 0.973. The summed E-state index contributed by atoms with van der Waals surface area (Å²) < 4.78 is 4.91. The Labute approximate surface area is 117 Å². The summed E-state index contributed by atoms with van der Waals surface area (Å²) in [6, 6.07) is 7.32. The molecule has 0 saturated heterocycles. The minimum Gasteiger partial charge on any atom is -0.383 e. The lowest BCUT2D eigenvalue weighted by molar-refractivity contribution is -0.120. The third kappa shape index (κ3) is 5.71. The number of hydrogen-bond acceptors (Lipinski definition) is 2. The average molecular weight is 290 g/mol. The molecule has 0 saturated carbocycles. The molecule has 3 nitrogen and oxygen atoms in total. The molecule has 1 aromatic rings. The smallest absolute Gasteiger partial charge is 0.224 e. The fourth-order valence-electron chi connectivity index (χ4n) is 1.51. The number of halogens is 2. The number of carbonyl (C=O) groups is 1. The summed E-state index contributed by atoms with van der Waals surface area (Å²) in [5.74, 6) is -0.0515. The fraction of sp³-hybridized carbons (Fsp3) is 0.462. The molecule has 18 heavy (non-hydrogen) atoms. The molecule has 0 heterocycles. The van der Waals surface area contributed by atoms with Gasteiger partial charge >= 0.3 is 0 Å². The van der Waals surface area contributed by atoms with Gasteiger partial charge in [-0.3, -0.25) is 4.79 Å². The molecule has 1 amide bonds. The zero-order valence-electron chi connectivity index (χ0n) is 10.3. The van der Waals surface area contributed by atoms with E-state index in [0.29, 0.717) is 24.6 Å². The van der Waals surface area contributed by atoms with Crippen LogP contribution in [0.2, 0.25) is 5.02 Å². The van der Waals surface area contributed by atoms with E-state index in [1.807, 2.05) is 18.2 Å². The van der Waals surface area contributed by atoms with E-state index < -0.39 is 0 Å². The predicted molar refractivity (Wildman–Crippen MR) is 74.3 cm³/mol. The SMILES string of the molecule is COCC(Cl)CCNC(=O)Cc1ccccc1Cl. The van der Waals surface area contributed by atoms with Crippen molar-refractivity contribution in [3.05, 3.63) is 34.9 Å². The Kier molecular flexibility index (Phi) is 7.09. The molecule has 100 valence electrons. The van der Waals surface area contributed by atoms with Crippen molar-refractivity contribution in [2.24, 2.45) is 0 Å². The average Bonchev–Trinajstić information content (AvgIpc) is 2.32. The van der Waals surface area contributed by atoms with E-state index in [-0.39, 0.29) is 17.7 Å². The molecule has 0 bridgehead atoms. The predicted octanol–water partition coefficient (Wildman–Crippen LogP) is 2.64. The van der Waals surface area contributed by atoms with Crippen molar-refractivity contribution in [3.8, 4) is 0 Å². The van der Waals surface area contributed by atoms with Crippen molar-refractivity contribution in [2.75, 3.05) is 20.3 Å². The summed E-state index contributed by atoms with van der Waals surface area (Å²) in [6.45, 7) is 1.03. The van der Waals surface area contributed by atoms with Gasteiger partial charge in [-0.1, -0.05) is 29.8 Å². The second kappa shape index (κ2) is 8.35. The van der Waals surface area contributed by atoms with E-state index in [0.717, 1.165) is 5.56 Å². The van der Waals surface area contributed by atoms with Gasteiger partial charge in [0.05, 0.1) is 18.4 Å². The van der Waals surface area contributed by atoms with Gasteiger partial charge in [0.2, 0.25) is 5.91 Å². The van der Waals surface area contributed by atoms with Crippen molar-refractivity contribution in [1.29, 1.82) is 0 Å². The van der Waals surface area contributed by atoms with Crippen LogP contribution in [0.3, 0.4) is 0 Å². The van der Waals surface area contributed by atoms with Gasteiger partial charge in [0.15, 0.2) is 0 Å². The van der Waals surface area contributed by atoms with Crippen LogP contribution in [0.15, 0.2) is 24.3 Å². The van der Waals surface area contributed by atoms with Crippen molar-refractivity contribution in [3.63, 3.8) is 0 Å². The van der Waals surface area contributed by atoms with Crippen LogP contribution in [-0.4, -0.2) is 31.5 Å². The highest BCUT2D eigenvalue weighted by molar-refractivity contribution is 6.31. The zero-order valence-corrected chi connectivity index (χ0v) is 11.8. The van der Waals surface area contributed by atoms with Crippen LogP contribution in [0, 0.1) is 0 Å². The molecule has 1 atom stereocenters. The molecule has 1 N–H and O–H groups in total. The maximum absolute atomic E-state index is 11.7. The zero-order chi connectivity index (χ0) is 13.4. The second-order valence-corrected chi connectivity index (χ2v) is 4.98. The highest BCUT2D eigenvalue weighted by Crippen LogP contribution is 2.15. The number of ether oxygens (including phenoxy) is 1. The standard InChI is InChI=1S/C13H17Cl2NO2/c1-18-9-11(14)6-7-16-13(17)8-10-4-2-3-5-12(10)15/h2-5,11H,6-9H2,1H3,(H,16,17). The maximum atomic E-state index is 11.7. The molecule has 0 aliphatic carbocycles. The lowest BCUT2D eigenvalue weighted by atomic mass is 10.1. The van der Waals surface area contributed by atoms with Gasteiger partial charge < -0.3 is 10.1 Å². The Morgan fingerprint density at radius 1 is 1.44 bits per heavy atom. The van der Waals surface area contributed by atoms with Gasteiger partial charge in [-0.05, 0) is 18.1 Å². The molecule has 0 aliphatic rings. The van der Waals surface area contributed by atoms with Gasteiger partial charge in [0.1, 0.15) is 0 Å². The minimum atomic E-state index is -0.0735. The van der Waals surface area contributed by atoms with Gasteiger partial charge in [0, 0.05) is 18.7 Å². The number of nitrogens with one attached hydrogen (secondary N) is 1. The van der Waals surface area contributed by atoms with Crippen LogP contribution < -0.4 is 5.32 Å². The molecule has 0 spiro atoms. The highest BCUT2D eigenvalue weighted by Gasteiger charge is 2.08. The molecule has 0 aliphatic heterocycles. The molecule has 1 rings (SSSR count). The Bertz CT molecular complexity index is 385. The first kappa shape index (κ1) is 15.3. The van der Waals surface area contributed by atoms with E-state index in [1.54, 1.807) is 13.2 Å². The van der Waals surface area contributed by atoms with E-state index in [1.165, 1.54) is 0 Å². The lowest BCUT2D eigenvalue weighted by Crippen LogP contribution is -2.28. The summed E-state index contributed by atoms with van der Waals surface area (Å²) in [4.78, 5) is 11.7. The summed E-state index contributed by atoms with van der Waals surface area (Å²) >= 11 is 11.9. The number of benzene rings is 1. The first-order valence-corrected chi connectivity index (χ1v) is 6.58. The molecule has 0 radical (unpaired) electrons. The summed E-state index contributed by atoms with van der Waals surface area (Å²) in [5, 5.41) is 3.35. The third-order valence-electron chi connectivity index (χ3n) is 2.44. The Morgan fingerprint density at radius 2 is 2.17 bits per heavy atom. The van der Waals surface area contributed by atoms with Gasteiger partial charge in [0.25, 0.3) is 0 Å². The maximum Gasteiger partial charge on any atom is 0.224 e. The van der Waals surface area contributed by atoms with E-state index in [2.05, 4.69) is 5.32 Å².